The first-order valence-electron chi connectivity index (χ1n) is 6.32. The first-order valence-corrected chi connectivity index (χ1v) is 6.32. The lowest BCUT2D eigenvalue weighted by Gasteiger charge is -2.46. The van der Waals surface area contributed by atoms with E-state index in [2.05, 4.69) is 13.8 Å². The summed E-state index contributed by atoms with van der Waals surface area (Å²) < 4.78 is 0. The molecule has 15 heavy (non-hydrogen) atoms. The van der Waals surface area contributed by atoms with Gasteiger partial charge < -0.3 is 0 Å². The van der Waals surface area contributed by atoms with Gasteiger partial charge in [0.15, 0.2) is 5.78 Å². The first kappa shape index (κ1) is 9.62. The Morgan fingerprint density at radius 2 is 2.13 bits per heavy atom. The topological polar surface area (TPSA) is 17.1 Å². The largest absolute Gasteiger partial charge is 0.295 e. The highest BCUT2D eigenvalue weighted by molar-refractivity contribution is 5.92. The first-order chi connectivity index (χ1) is 7.11. The van der Waals surface area contributed by atoms with Crippen LogP contribution in [0, 0.1) is 16.7 Å². The van der Waals surface area contributed by atoms with E-state index >= 15 is 0 Å². The fraction of sp³-hybridized carbons (Fsp3) is 0.786. The van der Waals surface area contributed by atoms with E-state index in [1.54, 1.807) is 0 Å². The van der Waals surface area contributed by atoms with Crippen LogP contribution < -0.4 is 0 Å². The summed E-state index contributed by atoms with van der Waals surface area (Å²) in [6.07, 6.45) is 9.43. The van der Waals surface area contributed by atoms with Gasteiger partial charge in [0.2, 0.25) is 0 Å². The average molecular weight is 204 g/mol. The maximum atomic E-state index is 11.8. The van der Waals surface area contributed by atoms with Crippen molar-refractivity contribution in [3.8, 4) is 0 Å². The van der Waals surface area contributed by atoms with E-state index in [-0.39, 0.29) is 0 Å². The lowest BCUT2D eigenvalue weighted by molar-refractivity contribution is -0.120. The highest BCUT2D eigenvalue weighted by atomic mass is 16.1. The van der Waals surface area contributed by atoms with Crippen LogP contribution in [-0.4, -0.2) is 5.78 Å². The van der Waals surface area contributed by atoms with Crippen LogP contribution in [0.5, 0.6) is 0 Å². The van der Waals surface area contributed by atoms with E-state index < -0.39 is 0 Å². The molecule has 0 aromatic rings. The smallest absolute Gasteiger partial charge is 0.156 e. The molecule has 0 saturated heterocycles. The van der Waals surface area contributed by atoms with Gasteiger partial charge in [-0.15, -0.1) is 0 Å². The standard InChI is InChI=1S/C14H20O/c1-10-4-7-13-5-3-6-14(10,13)9-12(15)8-11(13)2/h8,10H,3-7,9H2,1-2H3/t10-,13+,14-/m1/s1. The zero-order valence-corrected chi connectivity index (χ0v) is 9.81. The van der Waals surface area contributed by atoms with E-state index in [1.165, 1.54) is 37.7 Å². The highest BCUT2D eigenvalue weighted by Gasteiger charge is 2.63. The number of allylic oxidation sites excluding steroid dienone is 2. The number of rotatable bonds is 0. The van der Waals surface area contributed by atoms with Crippen molar-refractivity contribution < 1.29 is 4.79 Å². The molecule has 3 aliphatic rings. The maximum absolute atomic E-state index is 11.8. The molecule has 0 radical (unpaired) electrons. The minimum Gasteiger partial charge on any atom is -0.295 e. The molecule has 3 aliphatic carbocycles. The van der Waals surface area contributed by atoms with Crippen molar-refractivity contribution in [3.63, 3.8) is 0 Å². The van der Waals surface area contributed by atoms with Crippen LogP contribution in [-0.2, 0) is 4.79 Å². The number of ketones is 1. The second-order valence-electron chi connectivity index (χ2n) is 6.00. The Balaban J connectivity index is 2.18. The Bertz CT molecular complexity index is 354. The quantitative estimate of drug-likeness (QED) is 0.590. The molecule has 0 aromatic heterocycles. The van der Waals surface area contributed by atoms with Crippen LogP contribution in [0.25, 0.3) is 0 Å². The lowest BCUT2D eigenvalue weighted by Crippen LogP contribution is -2.41. The summed E-state index contributed by atoms with van der Waals surface area (Å²) in [5.41, 5.74) is 2.20. The number of hydrogen-bond acceptors (Lipinski definition) is 1. The van der Waals surface area contributed by atoms with Crippen LogP contribution in [0.4, 0.5) is 0 Å². The van der Waals surface area contributed by atoms with Crippen LogP contribution >= 0.6 is 0 Å². The van der Waals surface area contributed by atoms with Crippen molar-refractivity contribution in [2.45, 2.75) is 52.4 Å². The minimum absolute atomic E-state index is 0.364. The number of carbonyl (C=O) groups is 1. The molecule has 3 atom stereocenters. The van der Waals surface area contributed by atoms with Crippen molar-refractivity contribution in [1.29, 1.82) is 0 Å². The van der Waals surface area contributed by atoms with Crippen LogP contribution in [0.1, 0.15) is 52.4 Å². The SMILES string of the molecule is CC1=CC(=O)C[C@@]23CCC[C@]12CC[C@H]3C. The Morgan fingerprint density at radius 3 is 2.93 bits per heavy atom. The van der Waals surface area contributed by atoms with E-state index in [9.17, 15) is 4.79 Å². The molecule has 2 fully saturated rings. The third kappa shape index (κ3) is 0.926. The summed E-state index contributed by atoms with van der Waals surface area (Å²) >= 11 is 0. The number of carbonyl (C=O) groups excluding carboxylic acids is 1. The average Bonchev–Trinajstić information content (AvgIpc) is 2.65. The normalized spacial score (nSPS) is 48.8. The molecule has 0 heterocycles. The van der Waals surface area contributed by atoms with E-state index in [4.69, 9.17) is 0 Å². The lowest BCUT2D eigenvalue weighted by atomic mass is 9.57. The van der Waals surface area contributed by atoms with Crippen molar-refractivity contribution in [3.05, 3.63) is 11.6 Å². The molecular formula is C14H20O. The van der Waals surface area contributed by atoms with E-state index in [0.717, 1.165) is 12.3 Å². The van der Waals surface area contributed by atoms with Gasteiger partial charge in [-0.1, -0.05) is 18.9 Å². The molecular weight excluding hydrogens is 184 g/mol. The monoisotopic (exact) mass is 204 g/mol. The molecule has 1 nitrogen and oxygen atoms in total. The second kappa shape index (κ2) is 2.75. The molecule has 0 N–H and O–H groups in total. The molecule has 82 valence electrons. The van der Waals surface area contributed by atoms with E-state index in [0.29, 0.717) is 16.6 Å². The summed E-state index contributed by atoms with van der Waals surface area (Å²) in [4.78, 5) is 11.8. The highest BCUT2D eigenvalue weighted by Crippen LogP contribution is 2.71. The van der Waals surface area contributed by atoms with Gasteiger partial charge in [0.05, 0.1) is 0 Å². The molecule has 0 aliphatic heterocycles. The Morgan fingerprint density at radius 1 is 1.33 bits per heavy atom. The van der Waals surface area contributed by atoms with Gasteiger partial charge in [-0.3, -0.25) is 4.79 Å². The molecule has 0 unspecified atom stereocenters. The summed E-state index contributed by atoms with van der Waals surface area (Å²) in [6, 6.07) is 0. The molecule has 0 spiro atoms. The van der Waals surface area contributed by atoms with Gasteiger partial charge in [-0.2, -0.15) is 0 Å². The fourth-order valence-corrected chi connectivity index (χ4v) is 4.99. The van der Waals surface area contributed by atoms with Crippen molar-refractivity contribution in [2.24, 2.45) is 16.7 Å². The second-order valence-corrected chi connectivity index (χ2v) is 6.00. The number of hydrogen-bond donors (Lipinski definition) is 0. The Labute approximate surface area is 91.9 Å². The summed E-state index contributed by atoms with van der Waals surface area (Å²) in [6.45, 7) is 4.58. The van der Waals surface area contributed by atoms with Gasteiger partial charge in [-0.25, -0.2) is 0 Å². The van der Waals surface area contributed by atoms with E-state index in [1.807, 2.05) is 6.08 Å². The van der Waals surface area contributed by atoms with Gasteiger partial charge in [0.25, 0.3) is 0 Å². The summed E-state index contributed by atoms with van der Waals surface area (Å²) in [5, 5.41) is 0. The predicted molar refractivity (Wildman–Crippen MR) is 60.5 cm³/mol. The maximum Gasteiger partial charge on any atom is 0.156 e. The van der Waals surface area contributed by atoms with Crippen LogP contribution in [0.15, 0.2) is 11.6 Å². The molecule has 0 amide bonds. The summed E-state index contributed by atoms with van der Waals surface area (Å²) in [7, 11) is 0. The fourth-order valence-electron chi connectivity index (χ4n) is 4.99. The van der Waals surface area contributed by atoms with Crippen molar-refractivity contribution in [2.75, 3.05) is 0 Å². The zero-order valence-electron chi connectivity index (χ0n) is 9.81. The van der Waals surface area contributed by atoms with Crippen LogP contribution in [0.3, 0.4) is 0 Å². The molecule has 0 aromatic carbocycles. The summed E-state index contributed by atoms with van der Waals surface area (Å²) in [5.74, 6) is 1.14. The molecule has 0 bridgehead atoms. The van der Waals surface area contributed by atoms with Gasteiger partial charge in [-0.05, 0) is 55.4 Å². The van der Waals surface area contributed by atoms with Crippen molar-refractivity contribution >= 4 is 5.78 Å². The molecule has 3 rings (SSSR count). The van der Waals surface area contributed by atoms with Gasteiger partial charge in [0, 0.05) is 6.42 Å². The third-order valence-electron chi connectivity index (χ3n) is 5.75. The van der Waals surface area contributed by atoms with Crippen molar-refractivity contribution in [1.82, 2.24) is 0 Å². The van der Waals surface area contributed by atoms with Gasteiger partial charge >= 0.3 is 0 Å². The third-order valence-corrected chi connectivity index (χ3v) is 5.75. The Hall–Kier alpha value is -0.590. The van der Waals surface area contributed by atoms with Gasteiger partial charge in [0.1, 0.15) is 0 Å². The minimum atomic E-state index is 0.364. The Kier molecular flexibility index (Phi) is 1.76. The zero-order chi connectivity index (χ0) is 10.7. The predicted octanol–water partition coefficient (Wildman–Crippen LogP) is 3.49. The molecule has 2 saturated carbocycles. The molecule has 1 heteroatoms. The van der Waals surface area contributed by atoms with Crippen LogP contribution in [0.2, 0.25) is 0 Å².